The fourth-order valence-corrected chi connectivity index (χ4v) is 1.66. The zero-order chi connectivity index (χ0) is 14.8. The summed E-state index contributed by atoms with van der Waals surface area (Å²) in [5.41, 5.74) is 0.412. The zero-order valence-corrected chi connectivity index (χ0v) is 12.1. The van der Waals surface area contributed by atoms with E-state index >= 15 is 0 Å². The normalized spacial score (nSPS) is 10.3. The summed E-state index contributed by atoms with van der Waals surface area (Å²) in [6.45, 7) is 4.09. The average molecular weight is 281 g/mol. The number of carbonyl (C=O) groups is 1. The number of unbranched alkanes of at least 4 members (excludes halogenated alkanes) is 1. The minimum absolute atomic E-state index is 0.0388. The number of nitrogens with one attached hydrogen (secondary N) is 1. The van der Waals surface area contributed by atoms with E-state index in [-0.39, 0.29) is 11.7 Å². The summed E-state index contributed by atoms with van der Waals surface area (Å²) < 4.78 is 10.3. The lowest BCUT2D eigenvalue weighted by molar-refractivity contribution is 0.0940. The summed E-state index contributed by atoms with van der Waals surface area (Å²) in [6, 6.07) is 4.58. The van der Waals surface area contributed by atoms with Gasteiger partial charge in [-0.3, -0.25) is 4.79 Å². The van der Waals surface area contributed by atoms with Crippen molar-refractivity contribution in [2.45, 2.75) is 26.2 Å². The van der Waals surface area contributed by atoms with Gasteiger partial charge in [-0.2, -0.15) is 0 Å². The number of carbonyl (C=O) groups excluding carboxylic acids is 1. The summed E-state index contributed by atoms with van der Waals surface area (Å²) in [6.07, 6.45) is 2.97. The van der Waals surface area contributed by atoms with Gasteiger partial charge < -0.3 is 19.9 Å². The molecule has 5 heteroatoms. The molecule has 0 aliphatic carbocycles. The number of rotatable bonds is 9. The number of aromatic hydroxyl groups is 1. The first-order valence-corrected chi connectivity index (χ1v) is 6.92. The van der Waals surface area contributed by atoms with Crippen molar-refractivity contribution >= 4 is 5.91 Å². The molecule has 1 amide bonds. The Morgan fingerprint density at radius 2 is 2.05 bits per heavy atom. The van der Waals surface area contributed by atoms with Crippen molar-refractivity contribution in [1.82, 2.24) is 5.32 Å². The van der Waals surface area contributed by atoms with E-state index in [0.717, 1.165) is 25.9 Å². The first-order chi connectivity index (χ1) is 9.69. The van der Waals surface area contributed by atoms with E-state index < -0.39 is 0 Å². The lowest BCUT2D eigenvalue weighted by Gasteiger charge is -2.08. The number of phenolic OH excluding ortho intramolecular Hbond substituents is 1. The fraction of sp³-hybridized carbons (Fsp3) is 0.533. The smallest absolute Gasteiger partial charge is 0.251 e. The number of hydrogen-bond acceptors (Lipinski definition) is 4. The predicted molar refractivity (Wildman–Crippen MR) is 77.3 cm³/mol. The molecule has 0 saturated carbocycles. The maximum Gasteiger partial charge on any atom is 0.251 e. The first-order valence-electron chi connectivity index (χ1n) is 6.92. The molecular weight excluding hydrogens is 258 g/mol. The predicted octanol–water partition coefficient (Wildman–Crippen LogP) is 2.34. The minimum Gasteiger partial charge on any atom is -0.504 e. The zero-order valence-electron chi connectivity index (χ0n) is 12.1. The summed E-state index contributed by atoms with van der Waals surface area (Å²) in [5.74, 6) is 0.102. The van der Waals surface area contributed by atoms with Gasteiger partial charge in [0.15, 0.2) is 11.5 Å². The van der Waals surface area contributed by atoms with Gasteiger partial charge in [0.2, 0.25) is 0 Å². The Kier molecular flexibility index (Phi) is 7.50. The molecule has 0 fully saturated rings. The van der Waals surface area contributed by atoms with Crippen LogP contribution >= 0.6 is 0 Å². The molecule has 0 radical (unpaired) electrons. The van der Waals surface area contributed by atoms with E-state index in [1.165, 1.54) is 13.2 Å². The summed E-state index contributed by atoms with van der Waals surface area (Å²) >= 11 is 0. The molecule has 0 aromatic heterocycles. The molecule has 0 spiro atoms. The highest BCUT2D eigenvalue weighted by atomic mass is 16.5. The Balaban J connectivity index is 2.27. The van der Waals surface area contributed by atoms with E-state index in [4.69, 9.17) is 9.47 Å². The third-order valence-corrected chi connectivity index (χ3v) is 2.83. The van der Waals surface area contributed by atoms with Crippen LogP contribution in [-0.2, 0) is 4.74 Å². The molecule has 0 bridgehead atoms. The maximum absolute atomic E-state index is 11.8. The lowest BCUT2D eigenvalue weighted by atomic mass is 10.2. The second-order valence-corrected chi connectivity index (χ2v) is 4.46. The number of phenols is 1. The molecule has 1 aromatic rings. The van der Waals surface area contributed by atoms with Gasteiger partial charge in [-0.05, 0) is 31.0 Å². The van der Waals surface area contributed by atoms with Crippen molar-refractivity contribution in [3.63, 3.8) is 0 Å². The van der Waals surface area contributed by atoms with Gasteiger partial charge in [0.25, 0.3) is 5.91 Å². The van der Waals surface area contributed by atoms with E-state index in [1.807, 2.05) is 0 Å². The number of hydrogen-bond donors (Lipinski definition) is 2. The SMILES string of the molecule is CCCCOCCCNC(=O)c1ccc(OC)c(O)c1. The number of amides is 1. The van der Waals surface area contributed by atoms with Crippen molar-refractivity contribution in [3.8, 4) is 11.5 Å². The van der Waals surface area contributed by atoms with Crippen LogP contribution < -0.4 is 10.1 Å². The highest BCUT2D eigenvalue weighted by Crippen LogP contribution is 2.25. The van der Waals surface area contributed by atoms with E-state index in [0.29, 0.717) is 24.5 Å². The number of ether oxygens (including phenoxy) is 2. The summed E-state index contributed by atoms with van der Waals surface area (Å²) in [7, 11) is 1.47. The Bertz CT molecular complexity index is 420. The molecule has 0 aliphatic rings. The molecule has 1 aromatic carbocycles. The third-order valence-electron chi connectivity index (χ3n) is 2.83. The van der Waals surface area contributed by atoms with Crippen molar-refractivity contribution in [1.29, 1.82) is 0 Å². The number of benzene rings is 1. The molecule has 0 aliphatic heterocycles. The van der Waals surface area contributed by atoms with Crippen molar-refractivity contribution in [2.75, 3.05) is 26.9 Å². The van der Waals surface area contributed by atoms with Crippen LogP contribution in [0, 0.1) is 0 Å². The van der Waals surface area contributed by atoms with E-state index in [1.54, 1.807) is 12.1 Å². The van der Waals surface area contributed by atoms with Crippen molar-refractivity contribution < 1.29 is 19.4 Å². The monoisotopic (exact) mass is 281 g/mol. The molecule has 2 N–H and O–H groups in total. The van der Waals surface area contributed by atoms with Crippen LogP contribution in [0.3, 0.4) is 0 Å². The molecule has 20 heavy (non-hydrogen) atoms. The Labute approximate surface area is 119 Å². The summed E-state index contributed by atoms with van der Waals surface area (Å²) in [5, 5.41) is 12.4. The fourth-order valence-electron chi connectivity index (χ4n) is 1.66. The number of methoxy groups -OCH3 is 1. The van der Waals surface area contributed by atoms with Crippen LogP contribution in [0.1, 0.15) is 36.5 Å². The quantitative estimate of drug-likeness (QED) is 0.682. The van der Waals surface area contributed by atoms with Crippen LogP contribution in [-0.4, -0.2) is 37.9 Å². The van der Waals surface area contributed by atoms with Crippen molar-refractivity contribution in [3.05, 3.63) is 23.8 Å². The van der Waals surface area contributed by atoms with Crippen LogP contribution in [0.2, 0.25) is 0 Å². The minimum atomic E-state index is -0.212. The average Bonchev–Trinajstić information content (AvgIpc) is 2.46. The van der Waals surface area contributed by atoms with Crippen LogP contribution in [0.25, 0.3) is 0 Å². The Hall–Kier alpha value is -1.75. The molecule has 0 unspecified atom stereocenters. The highest BCUT2D eigenvalue weighted by Gasteiger charge is 2.08. The van der Waals surface area contributed by atoms with Gasteiger partial charge in [0.05, 0.1) is 7.11 Å². The van der Waals surface area contributed by atoms with Crippen LogP contribution in [0.15, 0.2) is 18.2 Å². The molecule has 112 valence electrons. The van der Waals surface area contributed by atoms with Crippen LogP contribution in [0.5, 0.6) is 11.5 Å². The van der Waals surface area contributed by atoms with Crippen LogP contribution in [0.4, 0.5) is 0 Å². The van der Waals surface area contributed by atoms with Gasteiger partial charge in [-0.15, -0.1) is 0 Å². The first kappa shape index (κ1) is 16.3. The molecular formula is C15H23NO4. The molecule has 0 atom stereocenters. The van der Waals surface area contributed by atoms with Crippen molar-refractivity contribution in [2.24, 2.45) is 0 Å². The second-order valence-electron chi connectivity index (χ2n) is 4.46. The third kappa shape index (κ3) is 5.48. The van der Waals surface area contributed by atoms with Gasteiger partial charge in [-0.1, -0.05) is 13.3 Å². The molecule has 5 nitrogen and oxygen atoms in total. The van der Waals surface area contributed by atoms with Gasteiger partial charge in [0.1, 0.15) is 0 Å². The Morgan fingerprint density at radius 1 is 1.30 bits per heavy atom. The largest absolute Gasteiger partial charge is 0.504 e. The van der Waals surface area contributed by atoms with E-state index in [9.17, 15) is 9.90 Å². The van der Waals surface area contributed by atoms with Gasteiger partial charge in [0, 0.05) is 25.3 Å². The lowest BCUT2D eigenvalue weighted by Crippen LogP contribution is -2.25. The summed E-state index contributed by atoms with van der Waals surface area (Å²) in [4.78, 5) is 11.8. The standard InChI is InChI=1S/C15H23NO4/c1-3-4-9-20-10-5-8-16-15(18)12-6-7-14(19-2)13(17)11-12/h6-7,11,17H,3-5,8-10H2,1-2H3,(H,16,18). The topological polar surface area (TPSA) is 67.8 Å². The molecule has 0 heterocycles. The highest BCUT2D eigenvalue weighted by molar-refractivity contribution is 5.94. The van der Waals surface area contributed by atoms with Gasteiger partial charge in [-0.25, -0.2) is 0 Å². The second kappa shape index (κ2) is 9.20. The van der Waals surface area contributed by atoms with Gasteiger partial charge >= 0.3 is 0 Å². The molecule has 1 rings (SSSR count). The maximum atomic E-state index is 11.8. The Morgan fingerprint density at radius 3 is 2.70 bits per heavy atom. The van der Waals surface area contributed by atoms with E-state index in [2.05, 4.69) is 12.2 Å². The molecule has 0 saturated heterocycles.